The first-order valence-electron chi connectivity index (χ1n) is 15.6. The van der Waals surface area contributed by atoms with Gasteiger partial charge in [-0.15, -0.1) is 0 Å². The normalized spacial score (nSPS) is 11.9. The van der Waals surface area contributed by atoms with Crippen molar-refractivity contribution in [2.45, 2.75) is 30.6 Å². The third kappa shape index (κ3) is 13.8. The van der Waals surface area contributed by atoms with Gasteiger partial charge in [0.15, 0.2) is 0 Å². The molecule has 14 heteroatoms. The van der Waals surface area contributed by atoms with Gasteiger partial charge in [0.2, 0.25) is 0 Å². The van der Waals surface area contributed by atoms with Crippen LogP contribution in [0.15, 0.2) is 76.5 Å². The molecule has 0 amide bonds. The summed E-state index contributed by atoms with van der Waals surface area (Å²) in [5, 5.41) is 0. The van der Waals surface area contributed by atoms with Gasteiger partial charge in [-0.2, -0.15) is 16.8 Å². The Bertz CT molecular complexity index is 1490. The highest BCUT2D eigenvalue weighted by molar-refractivity contribution is 7.87. The molecule has 0 aromatic heterocycles. The summed E-state index contributed by atoms with van der Waals surface area (Å²) in [6.45, 7) is 8.98. The van der Waals surface area contributed by atoms with E-state index >= 15 is 0 Å². The lowest BCUT2D eigenvalue weighted by Gasteiger charge is -2.27. The average Bonchev–Trinajstić information content (AvgIpc) is 3.06. The Hall–Kier alpha value is -3.08. The Balaban J connectivity index is 1.32. The molecule has 0 heterocycles. The van der Waals surface area contributed by atoms with Crippen molar-refractivity contribution in [3.8, 4) is 5.75 Å². The van der Waals surface area contributed by atoms with E-state index in [-0.39, 0.29) is 49.4 Å². The summed E-state index contributed by atoms with van der Waals surface area (Å²) in [7, 11) is -6.02. The number of anilines is 1. The Kier molecular flexibility index (Phi) is 16.8. The maximum Gasteiger partial charge on any atom is 0.297 e. The van der Waals surface area contributed by atoms with Crippen molar-refractivity contribution >= 4 is 25.9 Å². The van der Waals surface area contributed by atoms with Crippen molar-refractivity contribution in [3.63, 3.8) is 0 Å². The van der Waals surface area contributed by atoms with Gasteiger partial charge in [-0.25, -0.2) is 0 Å². The van der Waals surface area contributed by atoms with E-state index in [0.29, 0.717) is 39.5 Å². The van der Waals surface area contributed by atoms with E-state index in [0.717, 1.165) is 28.1 Å². The second kappa shape index (κ2) is 20.4. The van der Waals surface area contributed by atoms with E-state index < -0.39 is 20.2 Å². The first-order chi connectivity index (χ1) is 23.0. The Labute approximate surface area is 285 Å². The molecular formula is C34H47NO11S2. The minimum absolute atomic E-state index is 0.0914. The molecule has 12 nitrogen and oxygen atoms in total. The summed E-state index contributed by atoms with van der Waals surface area (Å²) in [6.07, 6.45) is 0. The molecule has 0 bridgehead atoms. The van der Waals surface area contributed by atoms with Crippen LogP contribution in [-0.2, 0) is 47.5 Å². The molecule has 0 N–H and O–H groups in total. The fourth-order valence-corrected chi connectivity index (χ4v) is 6.13. The minimum Gasteiger partial charge on any atom is -0.495 e. The largest absolute Gasteiger partial charge is 0.495 e. The number of benzene rings is 3. The lowest BCUT2D eigenvalue weighted by Crippen LogP contribution is -2.32. The quantitative estimate of drug-likeness (QED) is 0.0969. The fraction of sp³-hybridized carbons (Fsp3) is 0.471. The van der Waals surface area contributed by atoms with E-state index in [4.69, 9.17) is 32.1 Å². The number of hydrogen-bond acceptors (Lipinski definition) is 12. The van der Waals surface area contributed by atoms with Crippen LogP contribution in [0.5, 0.6) is 5.75 Å². The molecule has 3 aromatic carbocycles. The molecular weight excluding hydrogens is 663 g/mol. The van der Waals surface area contributed by atoms with Crippen molar-refractivity contribution in [3.05, 3.63) is 83.4 Å². The maximum atomic E-state index is 12.3. The molecule has 0 atom stereocenters. The molecule has 0 aliphatic rings. The summed E-state index contributed by atoms with van der Waals surface area (Å²) >= 11 is 0. The van der Waals surface area contributed by atoms with E-state index in [1.807, 2.05) is 39.0 Å². The van der Waals surface area contributed by atoms with Crippen LogP contribution >= 0.6 is 0 Å². The molecule has 0 fully saturated rings. The zero-order valence-electron chi connectivity index (χ0n) is 28.1. The Morgan fingerprint density at radius 2 is 0.875 bits per heavy atom. The predicted molar refractivity (Wildman–Crippen MR) is 182 cm³/mol. The molecule has 0 radical (unpaired) electrons. The van der Waals surface area contributed by atoms with Crippen molar-refractivity contribution in [2.24, 2.45) is 0 Å². The number of aryl methyl sites for hydroxylation is 3. The summed E-state index contributed by atoms with van der Waals surface area (Å²) in [5.41, 5.74) is 3.92. The second-order valence-electron chi connectivity index (χ2n) is 10.8. The van der Waals surface area contributed by atoms with Gasteiger partial charge in [0.05, 0.1) is 88.7 Å². The van der Waals surface area contributed by atoms with E-state index in [1.54, 1.807) is 31.4 Å². The molecule has 0 spiro atoms. The summed E-state index contributed by atoms with van der Waals surface area (Å²) in [6, 6.07) is 18.9. The van der Waals surface area contributed by atoms with Crippen molar-refractivity contribution in [1.82, 2.24) is 0 Å². The van der Waals surface area contributed by atoms with E-state index in [9.17, 15) is 16.8 Å². The third-order valence-corrected chi connectivity index (χ3v) is 9.63. The average molecular weight is 710 g/mol. The van der Waals surface area contributed by atoms with Crippen molar-refractivity contribution < 1.29 is 48.9 Å². The SMILES string of the molecule is COc1ccc(C)cc1N(CCOCCOCCOS(=O)(=O)c1ccc(C)cc1)CCOCCOCCOS(=O)(=O)c1ccc(C)cc1. The van der Waals surface area contributed by atoms with Crippen LogP contribution in [-0.4, -0.2) is 103 Å². The van der Waals surface area contributed by atoms with Crippen LogP contribution in [0, 0.1) is 20.8 Å². The Morgan fingerprint density at radius 3 is 1.29 bits per heavy atom. The fourth-order valence-electron chi connectivity index (χ4n) is 4.34. The Morgan fingerprint density at radius 1 is 0.500 bits per heavy atom. The van der Waals surface area contributed by atoms with Crippen LogP contribution in [0.2, 0.25) is 0 Å². The molecule has 0 aliphatic carbocycles. The van der Waals surface area contributed by atoms with E-state index in [1.165, 1.54) is 24.3 Å². The summed E-state index contributed by atoms with van der Waals surface area (Å²) < 4.78 is 87.2. The van der Waals surface area contributed by atoms with Gasteiger partial charge in [0.25, 0.3) is 20.2 Å². The van der Waals surface area contributed by atoms with Gasteiger partial charge >= 0.3 is 0 Å². The monoisotopic (exact) mass is 709 g/mol. The maximum absolute atomic E-state index is 12.3. The van der Waals surface area contributed by atoms with Gasteiger partial charge in [-0.1, -0.05) is 41.5 Å². The molecule has 0 saturated heterocycles. The van der Waals surface area contributed by atoms with Crippen LogP contribution in [0.4, 0.5) is 5.69 Å². The van der Waals surface area contributed by atoms with Crippen LogP contribution < -0.4 is 9.64 Å². The molecule has 3 rings (SSSR count). The number of methoxy groups -OCH3 is 1. The standard InChI is InChI=1S/C34H47NO11S2/c1-28-5-10-31(11-6-28)47(36,37)45-25-23-43-21-19-41-17-15-35(33-27-30(3)9-14-34(33)40-4)16-18-42-20-22-44-24-26-46-48(38,39)32-12-7-29(2)8-13-32/h5-14,27H,15-26H2,1-4H3. The lowest BCUT2D eigenvalue weighted by atomic mass is 10.2. The summed E-state index contributed by atoms with van der Waals surface area (Å²) in [4.78, 5) is 2.33. The van der Waals surface area contributed by atoms with Gasteiger partial charge in [-0.3, -0.25) is 8.37 Å². The van der Waals surface area contributed by atoms with Crippen LogP contribution in [0.1, 0.15) is 16.7 Å². The molecule has 3 aromatic rings. The first-order valence-corrected chi connectivity index (χ1v) is 18.5. The van der Waals surface area contributed by atoms with Gasteiger partial charge in [-0.05, 0) is 62.7 Å². The lowest BCUT2D eigenvalue weighted by molar-refractivity contribution is 0.0354. The van der Waals surface area contributed by atoms with Gasteiger partial charge in [0, 0.05) is 13.1 Å². The van der Waals surface area contributed by atoms with Crippen molar-refractivity contribution in [2.75, 3.05) is 91.2 Å². The smallest absolute Gasteiger partial charge is 0.297 e. The highest BCUT2D eigenvalue weighted by Gasteiger charge is 2.16. The number of hydrogen-bond donors (Lipinski definition) is 0. The molecule has 0 unspecified atom stereocenters. The zero-order valence-corrected chi connectivity index (χ0v) is 29.7. The predicted octanol–water partition coefficient (Wildman–Crippen LogP) is 4.30. The number of rotatable bonds is 24. The van der Waals surface area contributed by atoms with Gasteiger partial charge in [0.1, 0.15) is 5.75 Å². The third-order valence-electron chi connectivity index (χ3n) is 6.98. The molecule has 48 heavy (non-hydrogen) atoms. The summed E-state index contributed by atoms with van der Waals surface area (Å²) in [5.74, 6) is 0.730. The van der Waals surface area contributed by atoms with Crippen LogP contribution in [0.3, 0.4) is 0 Å². The van der Waals surface area contributed by atoms with E-state index in [2.05, 4.69) is 4.90 Å². The second-order valence-corrected chi connectivity index (χ2v) is 14.0. The number of nitrogens with zero attached hydrogens (tertiary/aromatic N) is 1. The minimum atomic E-state index is -3.82. The van der Waals surface area contributed by atoms with Crippen LogP contribution in [0.25, 0.3) is 0 Å². The number of ether oxygens (including phenoxy) is 5. The van der Waals surface area contributed by atoms with Crippen molar-refractivity contribution in [1.29, 1.82) is 0 Å². The zero-order chi connectivity index (χ0) is 34.8. The first kappa shape index (κ1) is 39.4. The molecule has 266 valence electrons. The van der Waals surface area contributed by atoms with Gasteiger partial charge < -0.3 is 28.6 Å². The highest BCUT2D eigenvalue weighted by atomic mass is 32.2. The molecule has 0 aliphatic heterocycles. The topological polar surface area (TPSA) is 136 Å². The highest BCUT2D eigenvalue weighted by Crippen LogP contribution is 2.29. The molecule has 0 saturated carbocycles.